The molecule has 2 atom stereocenters. The molecule has 1 saturated heterocycles. The fraction of sp³-hybridized carbons (Fsp3) is 0.448. The highest BCUT2D eigenvalue weighted by atomic mass is 32.1. The van der Waals surface area contributed by atoms with Crippen molar-refractivity contribution in [2.75, 3.05) is 23.7 Å². The van der Waals surface area contributed by atoms with Crippen LogP contribution in [0.5, 0.6) is 0 Å². The van der Waals surface area contributed by atoms with Gasteiger partial charge in [-0.1, -0.05) is 17.4 Å². The Morgan fingerprint density at radius 1 is 1.00 bits per heavy atom. The summed E-state index contributed by atoms with van der Waals surface area (Å²) in [6.45, 7) is 7.01. The number of fused-ring (bicyclic) bond motifs is 1. The van der Waals surface area contributed by atoms with Crippen molar-refractivity contribution >= 4 is 38.5 Å². The van der Waals surface area contributed by atoms with Gasteiger partial charge in [0.15, 0.2) is 5.13 Å². The molecule has 39 heavy (non-hydrogen) atoms. The van der Waals surface area contributed by atoms with Crippen LogP contribution in [-0.2, 0) is 11.3 Å². The van der Waals surface area contributed by atoms with Crippen LogP contribution in [0.3, 0.4) is 0 Å². The maximum Gasteiger partial charge on any atom is 0.224 e. The molecule has 1 aliphatic heterocycles. The highest BCUT2D eigenvalue weighted by Gasteiger charge is 2.22. The minimum absolute atomic E-state index is 0.181. The number of nitrogens with one attached hydrogen (secondary N) is 2. The van der Waals surface area contributed by atoms with E-state index in [9.17, 15) is 5.11 Å². The maximum atomic E-state index is 9.75. The smallest absolute Gasteiger partial charge is 0.224 e. The number of benzene rings is 1. The van der Waals surface area contributed by atoms with E-state index in [0.29, 0.717) is 17.8 Å². The third kappa shape index (κ3) is 6.52. The second-order valence-electron chi connectivity index (χ2n) is 10.8. The van der Waals surface area contributed by atoms with Crippen molar-refractivity contribution in [3.63, 3.8) is 0 Å². The molecule has 3 aromatic heterocycles. The Kier molecular flexibility index (Phi) is 7.69. The molecular weight excluding hydrogens is 510 g/mol. The van der Waals surface area contributed by atoms with Crippen LogP contribution in [0, 0.1) is 0 Å². The summed E-state index contributed by atoms with van der Waals surface area (Å²) in [7, 11) is 0. The van der Waals surface area contributed by atoms with Crippen LogP contribution in [0.2, 0.25) is 0 Å². The number of pyridine rings is 1. The van der Waals surface area contributed by atoms with Gasteiger partial charge in [0.1, 0.15) is 5.82 Å². The van der Waals surface area contributed by atoms with Gasteiger partial charge in [0.2, 0.25) is 5.95 Å². The summed E-state index contributed by atoms with van der Waals surface area (Å²) in [5.74, 6) is 1.30. The molecule has 1 aromatic carbocycles. The van der Waals surface area contributed by atoms with Gasteiger partial charge < -0.3 is 20.5 Å². The number of hydrogen-bond donors (Lipinski definition) is 3. The Hall–Kier alpha value is -3.18. The predicted octanol–water partition coefficient (Wildman–Crippen LogP) is 5.22. The summed E-state index contributed by atoms with van der Waals surface area (Å²) in [6.07, 6.45) is 9.43. The van der Waals surface area contributed by atoms with Gasteiger partial charge in [-0.25, -0.2) is 9.97 Å². The predicted molar refractivity (Wildman–Crippen MR) is 155 cm³/mol. The SMILES string of the molecule is C[C@@H]1CN(Cc2cncc(-c3ccc4nc(Nc5ccnc(N[C@H]6CC[C@H](O)CC6)n5)sc4c3)c2)C[C@H](C)O1. The highest BCUT2D eigenvalue weighted by molar-refractivity contribution is 7.22. The molecule has 6 rings (SSSR count). The molecule has 3 N–H and O–H groups in total. The number of aromatic nitrogens is 4. The first kappa shape index (κ1) is 26.1. The summed E-state index contributed by atoms with van der Waals surface area (Å²) in [4.78, 5) is 20.8. The third-order valence-electron chi connectivity index (χ3n) is 7.34. The number of aliphatic hydroxyl groups excluding tert-OH is 1. The minimum Gasteiger partial charge on any atom is -0.393 e. The lowest BCUT2D eigenvalue weighted by Crippen LogP contribution is -2.44. The Morgan fingerprint density at radius 2 is 1.82 bits per heavy atom. The van der Waals surface area contributed by atoms with E-state index in [1.807, 2.05) is 18.5 Å². The summed E-state index contributed by atoms with van der Waals surface area (Å²) in [6, 6.07) is 10.7. The first-order chi connectivity index (χ1) is 19.0. The van der Waals surface area contributed by atoms with E-state index < -0.39 is 0 Å². The van der Waals surface area contributed by atoms with Crippen LogP contribution in [0.25, 0.3) is 21.3 Å². The zero-order chi connectivity index (χ0) is 26.8. The van der Waals surface area contributed by atoms with Gasteiger partial charge in [-0.15, -0.1) is 0 Å². The molecule has 0 radical (unpaired) electrons. The molecule has 0 unspecified atom stereocenters. The fourth-order valence-electron chi connectivity index (χ4n) is 5.57. The molecule has 204 valence electrons. The largest absolute Gasteiger partial charge is 0.393 e. The molecule has 9 nitrogen and oxygen atoms in total. The topological polar surface area (TPSA) is 108 Å². The van der Waals surface area contributed by atoms with Crippen LogP contribution in [-0.4, -0.2) is 67.4 Å². The third-order valence-corrected chi connectivity index (χ3v) is 8.27. The Labute approximate surface area is 232 Å². The zero-order valence-corrected chi connectivity index (χ0v) is 23.2. The second-order valence-corrected chi connectivity index (χ2v) is 11.8. The van der Waals surface area contributed by atoms with Gasteiger partial charge in [-0.3, -0.25) is 9.88 Å². The monoisotopic (exact) mass is 545 g/mol. The molecule has 0 amide bonds. The van der Waals surface area contributed by atoms with Crippen molar-refractivity contribution in [1.82, 2.24) is 24.8 Å². The van der Waals surface area contributed by atoms with Gasteiger partial charge in [-0.05, 0) is 74.9 Å². The quantitative estimate of drug-likeness (QED) is 0.288. The van der Waals surface area contributed by atoms with Gasteiger partial charge in [0.25, 0.3) is 0 Å². The van der Waals surface area contributed by atoms with E-state index in [0.717, 1.165) is 71.8 Å². The maximum absolute atomic E-state index is 9.75. The Bertz CT molecular complexity index is 1410. The van der Waals surface area contributed by atoms with Gasteiger partial charge in [0, 0.05) is 49.8 Å². The lowest BCUT2D eigenvalue weighted by Gasteiger charge is -2.35. The summed E-state index contributed by atoms with van der Waals surface area (Å²) in [5.41, 5.74) is 4.38. The van der Waals surface area contributed by atoms with Crippen LogP contribution < -0.4 is 10.6 Å². The number of morpholine rings is 1. The van der Waals surface area contributed by atoms with Crippen LogP contribution in [0.15, 0.2) is 48.9 Å². The first-order valence-electron chi connectivity index (χ1n) is 13.7. The number of ether oxygens (including phenoxy) is 1. The number of aliphatic hydroxyl groups is 1. The van der Waals surface area contributed by atoms with E-state index in [1.165, 1.54) is 5.56 Å². The number of thiazole rings is 1. The van der Waals surface area contributed by atoms with Crippen molar-refractivity contribution in [3.05, 3.63) is 54.5 Å². The first-order valence-corrected chi connectivity index (χ1v) is 14.6. The molecule has 1 saturated carbocycles. The molecule has 0 spiro atoms. The summed E-state index contributed by atoms with van der Waals surface area (Å²) in [5, 5.41) is 17.3. The van der Waals surface area contributed by atoms with Crippen LogP contribution in [0.4, 0.5) is 16.9 Å². The van der Waals surface area contributed by atoms with E-state index >= 15 is 0 Å². The number of rotatable bonds is 7. The van der Waals surface area contributed by atoms with E-state index in [2.05, 4.69) is 68.6 Å². The number of nitrogens with zero attached hydrogens (tertiary/aromatic N) is 5. The Balaban J connectivity index is 1.14. The highest BCUT2D eigenvalue weighted by Crippen LogP contribution is 2.32. The lowest BCUT2D eigenvalue weighted by atomic mass is 9.93. The van der Waals surface area contributed by atoms with E-state index in [-0.39, 0.29) is 18.3 Å². The summed E-state index contributed by atoms with van der Waals surface area (Å²) >= 11 is 1.60. The van der Waals surface area contributed by atoms with Crippen molar-refractivity contribution in [1.29, 1.82) is 0 Å². The molecule has 1 aliphatic carbocycles. The molecule has 2 fully saturated rings. The van der Waals surface area contributed by atoms with Crippen molar-refractivity contribution in [3.8, 4) is 11.1 Å². The number of hydrogen-bond acceptors (Lipinski definition) is 10. The lowest BCUT2D eigenvalue weighted by molar-refractivity contribution is -0.0705. The van der Waals surface area contributed by atoms with Crippen molar-refractivity contribution in [2.45, 2.75) is 70.4 Å². The molecule has 0 bridgehead atoms. The van der Waals surface area contributed by atoms with E-state index in [1.54, 1.807) is 17.5 Å². The second kappa shape index (κ2) is 11.5. The van der Waals surface area contributed by atoms with Crippen LogP contribution in [0.1, 0.15) is 45.1 Å². The standard InChI is InChI=1S/C29H35N7O2S/c1-18-15-36(16-19(2)38-18)17-20-11-22(14-30-13-20)21-3-8-25-26(12-21)39-29(33-25)35-27-9-10-31-28(34-27)32-23-4-6-24(37)7-5-23/h3,8-14,18-19,23-24,37H,4-7,15-17H2,1-2H3,(H2,31,32,33,34,35)/t18-,19+,23-,24-. The average molecular weight is 546 g/mol. The van der Waals surface area contributed by atoms with Crippen LogP contribution >= 0.6 is 11.3 Å². The fourth-order valence-corrected chi connectivity index (χ4v) is 6.48. The van der Waals surface area contributed by atoms with E-state index in [4.69, 9.17) is 9.72 Å². The number of anilines is 3. The van der Waals surface area contributed by atoms with Gasteiger partial charge in [0.05, 0.1) is 28.5 Å². The van der Waals surface area contributed by atoms with Gasteiger partial charge >= 0.3 is 0 Å². The molecular formula is C29H35N7O2S. The molecule has 4 aromatic rings. The Morgan fingerprint density at radius 3 is 2.64 bits per heavy atom. The molecule has 2 aliphatic rings. The minimum atomic E-state index is -0.181. The zero-order valence-electron chi connectivity index (χ0n) is 22.4. The molecule has 4 heterocycles. The normalized spacial score (nSPS) is 24.1. The van der Waals surface area contributed by atoms with Crippen molar-refractivity contribution < 1.29 is 9.84 Å². The molecule has 10 heteroatoms. The van der Waals surface area contributed by atoms with Crippen molar-refractivity contribution in [2.24, 2.45) is 0 Å². The average Bonchev–Trinajstić information content (AvgIpc) is 3.31. The van der Waals surface area contributed by atoms with Gasteiger partial charge in [-0.2, -0.15) is 4.98 Å². The summed E-state index contributed by atoms with van der Waals surface area (Å²) < 4.78 is 6.98.